The normalized spacial score (nSPS) is 22.4. The molecule has 2 N–H and O–H groups in total. The van der Waals surface area contributed by atoms with Crippen LogP contribution in [0.3, 0.4) is 0 Å². The van der Waals surface area contributed by atoms with Crippen molar-refractivity contribution in [2.45, 2.75) is 31.5 Å². The van der Waals surface area contributed by atoms with Gasteiger partial charge >= 0.3 is 5.97 Å². The van der Waals surface area contributed by atoms with Gasteiger partial charge in [-0.1, -0.05) is 0 Å². The molecule has 0 aliphatic carbocycles. The predicted molar refractivity (Wildman–Crippen MR) is 70.4 cm³/mol. The minimum Gasteiger partial charge on any atom is -0.480 e. The minimum atomic E-state index is -0.959. The Bertz CT molecular complexity index is 362. The molecule has 2 aliphatic rings. The molecule has 0 radical (unpaired) electrons. The van der Waals surface area contributed by atoms with Crippen LogP contribution in [0.2, 0.25) is 0 Å². The van der Waals surface area contributed by atoms with E-state index >= 15 is 0 Å². The van der Waals surface area contributed by atoms with Crippen LogP contribution >= 0.6 is 0 Å². The number of hydrogen-bond acceptors (Lipinski definition) is 5. The summed E-state index contributed by atoms with van der Waals surface area (Å²) in [6, 6.07) is 0. The fourth-order valence-electron chi connectivity index (χ4n) is 2.37. The molecule has 1 amide bonds. The van der Waals surface area contributed by atoms with Gasteiger partial charge in [0.2, 0.25) is 5.91 Å². The number of aliphatic carboxylic acids is 1. The highest BCUT2D eigenvalue weighted by Gasteiger charge is 2.34. The van der Waals surface area contributed by atoms with Crippen molar-refractivity contribution in [3.05, 3.63) is 0 Å². The first kappa shape index (κ1) is 15.2. The van der Waals surface area contributed by atoms with Gasteiger partial charge in [0.25, 0.3) is 0 Å². The number of carboxylic acids is 1. The summed E-state index contributed by atoms with van der Waals surface area (Å²) in [6.45, 7) is 4.59. The summed E-state index contributed by atoms with van der Waals surface area (Å²) in [5.74, 6) is -0.964. The van der Waals surface area contributed by atoms with Gasteiger partial charge in [-0.15, -0.1) is 0 Å². The molecule has 114 valence electrons. The summed E-state index contributed by atoms with van der Waals surface area (Å²) >= 11 is 0. The third kappa shape index (κ3) is 4.16. The molecule has 2 rings (SSSR count). The van der Waals surface area contributed by atoms with Crippen molar-refractivity contribution in [3.8, 4) is 0 Å². The van der Waals surface area contributed by atoms with Crippen LogP contribution in [0.4, 0.5) is 0 Å². The average Bonchev–Trinajstić information content (AvgIpc) is 2.41. The summed E-state index contributed by atoms with van der Waals surface area (Å²) in [5, 5.41) is 11.7. The molecule has 0 spiro atoms. The average molecular weight is 286 g/mol. The van der Waals surface area contributed by atoms with Gasteiger partial charge in [0.15, 0.2) is 0 Å². The summed E-state index contributed by atoms with van der Waals surface area (Å²) in [5.41, 5.74) is -0.210. The molecule has 2 fully saturated rings. The van der Waals surface area contributed by atoms with Gasteiger partial charge in [-0.05, 0) is 19.8 Å². The Labute approximate surface area is 118 Å². The van der Waals surface area contributed by atoms with Crippen LogP contribution in [-0.2, 0) is 19.1 Å². The summed E-state index contributed by atoms with van der Waals surface area (Å²) in [6.07, 6.45) is 1.29. The van der Waals surface area contributed by atoms with Crippen LogP contribution in [-0.4, -0.2) is 73.0 Å². The van der Waals surface area contributed by atoms with Crippen molar-refractivity contribution < 1.29 is 24.2 Å². The van der Waals surface area contributed by atoms with Gasteiger partial charge in [0.05, 0.1) is 11.7 Å². The quantitative estimate of drug-likeness (QED) is 0.681. The van der Waals surface area contributed by atoms with E-state index in [4.69, 9.17) is 14.6 Å². The molecule has 0 unspecified atom stereocenters. The number of amides is 1. The monoisotopic (exact) mass is 286 g/mol. The molecule has 2 heterocycles. The Balaban J connectivity index is 1.65. The molecule has 2 saturated heterocycles. The third-order valence-electron chi connectivity index (χ3n) is 3.78. The maximum atomic E-state index is 12.0. The molecule has 7 nitrogen and oxygen atoms in total. The van der Waals surface area contributed by atoms with Crippen LogP contribution in [0.1, 0.15) is 19.8 Å². The number of carbonyl (C=O) groups excluding carboxylic acids is 1. The van der Waals surface area contributed by atoms with E-state index in [1.54, 1.807) is 4.90 Å². The van der Waals surface area contributed by atoms with Crippen molar-refractivity contribution in [3.63, 3.8) is 0 Å². The first-order valence-electron chi connectivity index (χ1n) is 6.94. The fraction of sp³-hybridized carbons (Fsp3) is 0.846. The highest BCUT2D eigenvalue weighted by Crippen LogP contribution is 2.17. The van der Waals surface area contributed by atoms with E-state index in [1.807, 2.05) is 6.92 Å². The Kier molecular flexibility index (Phi) is 4.95. The minimum absolute atomic E-state index is 0.00481. The fourth-order valence-corrected chi connectivity index (χ4v) is 2.37. The molecule has 0 saturated carbocycles. The molecular weight excluding hydrogens is 264 g/mol. The number of ether oxygens (including phenoxy) is 2. The first-order valence-corrected chi connectivity index (χ1v) is 6.94. The van der Waals surface area contributed by atoms with E-state index in [2.05, 4.69) is 5.32 Å². The zero-order valence-electron chi connectivity index (χ0n) is 11.8. The number of nitrogens with zero attached hydrogens (tertiary/aromatic N) is 1. The Morgan fingerprint density at radius 1 is 1.30 bits per heavy atom. The van der Waals surface area contributed by atoms with Gasteiger partial charge in [0.1, 0.15) is 13.2 Å². The molecule has 0 aromatic carbocycles. The van der Waals surface area contributed by atoms with Gasteiger partial charge in [-0.3, -0.25) is 4.79 Å². The van der Waals surface area contributed by atoms with E-state index in [9.17, 15) is 9.59 Å². The van der Waals surface area contributed by atoms with Crippen LogP contribution in [0, 0.1) is 0 Å². The van der Waals surface area contributed by atoms with Crippen molar-refractivity contribution >= 4 is 11.9 Å². The molecule has 7 heteroatoms. The van der Waals surface area contributed by atoms with Crippen LogP contribution in [0.15, 0.2) is 0 Å². The molecular formula is C13H22N2O5. The smallest absolute Gasteiger partial charge is 0.329 e. The molecule has 0 aromatic rings. The van der Waals surface area contributed by atoms with Crippen molar-refractivity contribution in [2.75, 3.05) is 39.4 Å². The van der Waals surface area contributed by atoms with Gasteiger partial charge in [-0.25, -0.2) is 4.79 Å². The molecule has 0 atom stereocenters. The zero-order chi connectivity index (χ0) is 14.6. The summed E-state index contributed by atoms with van der Waals surface area (Å²) in [7, 11) is 0. The Morgan fingerprint density at radius 2 is 1.95 bits per heavy atom. The highest BCUT2D eigenvalue weighted by molar-refractivity contribution is 5.77. The van der Waals surface area contributed by atoms with Gasteiger partial charge < -0.3 is 24.8 Å². The predicted octanol–water partition coefficient (Wildman–Crippen LogP) is -0.543. The number of carbonyl (C=O) groups is 2. The number of rotatable bonds is 6. The second-order valence-corrected chi connectivity index (χ2v) is 5.63. The lowest BCUT2D eigenvalue weighted by Gasteiger charge is -2.39. The third-order valence-corrected chi connectivity index (χ3v) is 3.78. The second kappa shape index (κ2) is 6.51. The summed E-state index contributed by atoms with van der Waals surface area (Å²) < 4.78 is 10.9. The molecule has 0 bridgehead atoms. The van der Waals surface area contributed by atoms with Gasteiger partial charge in [-0.2, -0.15) is 0 Å². The molecule has 2 aliphatic heterocycles. The lowest BCUT2D eigenvalue weighted by Crippen LogP contribution is -2.60. The van der Waals surface area contributed by atoms with Crippen molar-refractivity contribution in [1.29, 1.82) is 0 Å². The molecule has 20 heavy (non-hydrogen) atoms. The number of hydrogen-bond donors (Lipinski definition) is 2. The van der Waals surface area contributed by atoms with Crippen LogP contribution < -0.4 is 5.32 Å². The van der Waals surface area contributed by atoms with E-state index in [1.165, 1.54) is 0 Å². The van der Waals surface area contributed by atoms with Crippen molar-refractivity contribution in [2.24, 2.45) is 0 Å². The number of nitrogens with one attached hydrogen (secondary N) is 1. The number of likely N-dealkylation sites (tertiary alicyclic amines) is 1. The maximum Gasteiger partial charge on any atom is 0.329 e. The maximum absolute atomic E-state index is 12.0. The number of carboxylic acid groups (broad SMARTS) is 1. The van der Waals surface area contributed by atoms with Crippen LogP contribution in [0.5, 0.6) is 0 Å². The van der Waals surface area contributed by atoms with E-state index in [-0.39, 0.29) is 30.8 Å². The van der Waals surface area contributed by atoms with E-state index < -0.39 is 5.97 Å². The standard InChI is InChI=1S/C13H22N2O5/c1-13(8-14-9-13)20-6-11(16)15-4-2-10(3-5-15)19-7-12(17)18/h10,14H,2-9H2,1H3,(H,17,18). The topological polar surface area (TPSA) is 88.1 Å². The highest BCUT2D eigenvalue weighted by atomic mass is 16.5. The molecule has 0 aromatic heterocycles. The number of piperidine rings is 1. The Hall–Kier alpha value is -1.18. The van der Waals surface area contributed by atoms with E-state index in [0.717, 1.165) is 13.1 Å². The van der Waals surface area contributed by atoms with E-state index in [0.29, 0.717) is 25.9 Å². The SMILES string of the molecule is CC1(OCC(=O)N2CCC(OCC(=O)O)CC2)CNC1. The van der Waals surface area contributed by atoms with Gasteiger partial charge in [0, 0.05) is 26.2 Å². The lowest BCUT2D eigenvalue weighted by molar-refractivity contribution is -0.151. The Morgan fingerprint density at radius 3 is 2.45 bits per heavy atom. The lowest BCUT2D eigenvalue weighted by atomic mass is 10.0. The van der Waals surface area contributed by atoms with Crippen LogP contribution in [0.25, 0.3) is 0 Å². The first-order chi connectivity index (χ1) is 9.48. The largest absolute Gasteiger partial charge is 0.480 e. The summed E-state index contributed by atoms with van der Waals surface area (Å²) in [4.78, 5) is 24.2. The second-order valence-electron chi connectivity index (χ2n) is 5.63. The zero-order valence-corrected chi connectivity index (χ0v) is 11.8. The van der Waals surface area contributed by atoms with Crippen molar-refractivity contribution in [1.82, 2.24) is 10.2 Å².